The first-order valence-corrected chi connectivity index (χ1v) is 11.8. The molecule has 0 radical (unpaired) electrons. The van der Waals surface area contributed by atoms with Gasteiger partial charge in [0.15, 0.2) is 10.9 Å². The highest BCUT2D eigenvalue weighted by Gasteiger charge is 2.25. The number of nitrogens with one attached hydrogen (secondary N) is 1. The Bertz CT molecular complexity index is 1160. The number of benzene rings is 2. The van der Waals surface area contributed by atoms with Crippen molar-refractivity contribution >= 4 is 76.8 Å². The van der Waals surface area contributed by atoms with E-state index in [-0.39, 0.29) is 26.6 Å². The Kier molecular flexibility index (Phi) is 6.62. The molecule has 2 amide bonds. The van der Waals surface area contributed by atoms with Crippen molar-refractivity contribution in [3.63, 3.8) is 0 Å². The topological polar surface area (TPSA) is 102 Å². The number of rotatable bonds is 4. The maximum atomic E-state index is 12.6. The van der Waals surface area contributed by atoms with Crippen molar-refractivity contribution < 1.29 is 22.2 Å². The van der Waals surface area contributed by atoms with Crippen LogP contribution in [0.15, 0.2) is 66.2 Å². The monoisotopic (exact) mass is 558 g/mol. The van der Waals surface area contributed by atoms with Crippen molar-refractivity contribution in [2.75, 3.05) is 0 Å². The summed E-state index contributed by atoms with van der Waals surface area (Å²) in [4.78, 5) is 27.3. The summed E-state index contributed by atoms with van der Waals surface area (Å²) in [5, 5.41) is 2.61. The van der Waals surface area contributed by atoms with Crippen molar-refractivity contribution in [2.24, 2.45) is 4.99 Å². The number of carbonyl (C=O) groups excluding carboxylic acids is 2. The molecule has 29 heavy (non-hydrogen) atoms. The van der Waals surface area contributed by atoms with Gasteiger partial charge in [0.25, 0.3) is 5.91 Å². The molecule has 3 rings (SSSR count). The molecule has 0 fully saturated rings. The van der Waals surface area contributed by atoms with Gasteiger partial charge in [0, 0.05) is 17.0 Å². The van der Waals surface area contributed by atoms with Gasteiger partial charge in [-0.25, -0.2) is 0 Å². The van der Waals surface area contributed by atoms with E-state index in [9.17, 15) is 18.0 Å². The molecule has 0 saturated carbocycles. The van der Waals surface area contributed by atoms with Gasteiger partial charge in [0.2, 0.25) is 5.91 Å². The maximum absolute atomic E-state index is 12.6. The van der Waals surface area contributed by atoms with Gasteiger partial charge in [-0.1, -0.05) is 34.1 Å². The molecule has 2 aromatic rings. The highest BCUT2D eigenvalue weighted by Crippen LogP contribution is 2.38. The SMILES string of the molecule is CC(=O)NC1=NC(=O)/C(=C\c2cc(Br)cc(Br)c2OS(=O)(=O)c2ccccc2)S1. The van der Waals surface area contributed by atoms with Crippen molar-refractivity contribution in [3.8, 4) is 5.75 Å². The Morgan fingerprint density at radius 3 is 2.55 bits per heavy atom. The van der Waals surface area contributed by atoms with E-state index in [1.54, 1.807) is 30.3 Å². The van der Waals surface area contributed by atoms with E-state index >= 15 is 0 Å². The molecule has 0 spiro atoms. The molecule has 2 aromatic carbocycles. The van der Waals surface area contributed by atoms with Crippen LogP contribution in [0.2, 0.25) is 0 Å². The fourth-order valence-electron chi connectivity index (χ4n) is 2.27. The lowest BCUT2D eigenvalue weighted by molar-refractivity contribution is -0.117. The second kappa shape index (κ2) is 8.82. The number of carbonyl (C=O) groups is 2. The third-order valence-corrected chi connectivity index (χ3v) is 6.63. The second-order valence-electron chi connectivity index (χ2n) is 5.67. The average molecular weight is 560 g/mol. The van der Waals surface area contributed by atoms with Crippen LogP contribution in [0.25, 0.3) is 6.08 Å². The lowest BCUT2D eigenvalue weighted by atomic mass is 10.2. The van der Waals surface area contributed by atoms with Gasteiger partial charge in [-0.2, -0.15) is 13.4 Å². The fourth-order valence-corrected chi connectivity index (χ4v) is 5.56. The highest BCUT2D eigenvalue weighted by molar-refractivity contribution is 9.11. The van der Waals surface area contributed by atoms with Crippen molar-refractivity contribution in [1.29, 1.82) is 0 Å². The van der Waals surface area contributed by atoms with Gasteiger partial charge in [-0.3, -0.25) is 9.59 Å². The Labute approximate surface area is 188 Å². The van der Waals surface area contributed by atoms with E-state index in [4.69, 9.17) is 4.18 Å². The summed E-state index contributed by atoms with van der Waals surface area (Å²) in [6, 6.07) is 10.9. The number of hydrogen-bond donors (Lipinski definition) is 1. The Balaban J connectivity index is 1.99. The van der Waals surface area contributed by atoms with E-state index in [1.165, 1.54) is 25.1 Å². The molecule has 150 valence electrons. The van der Waals surface area contributed by atoms with Crippen LogP contribution in [0, 0.1) is 0 Å². The van der Waals surface area contributed by atoms with Crippen LogP contribution in [0.3, 0.4) is 0 Å². The van der Waals surface area contributed by atoms with E-state index < -0.39 is 16.0 Å². The minimum Gasteiger partial charge on any atom is -0.377 e. The first-order valence-electron chi connectivity index (χ1n) is 7.94. The minimum absolute atomic E-state index is 0.00369. The number of hydrogen-bond acceptors (Lipinski definition) is 6. The summed E-state index contributed by atoms with van der Waals surface area (Å²) in [5.74, 6) is -0.883. The van der Waals surface area contributed by atoms with Gasteiger partial charge in [-0.15, -0.1) is 0 Å². The van der Waals surface area contributed by atoms with E-state index in [1.807, 2.05) is 0 Å². The Morgan fingerprint density at radius 2 is 1.90 bits per heavy atom. The number of nitrogens with zero attached hydrogens (tertiary/aromatic N) is 1. The van der Waals surface area contributed by atoms with Gasteiger partial charge in [0.1, 0.15) is 4.90 Å². The van der Waals surface area contributed by atoms with Gasteiger partial charge >= 0.3 is 10.1 Å². The van der Waals surface area contributed by atoms with Crippen LogP contribution in [0.5, 0.6) is 5.75 Å². The largest absolute Gasteiger partial charge is 0.377 e. The molecule has 0 unspecified atom stereocenters. The quantitative estimate of drug-likeness (QED) is 0.447. The molecular formula is C18H12Br2N2O5S2. The van der Waals surface area contributed by atoms with E-state index in [0.29, 0.717) is 14.5 Å². The number of halogens is 2. The first kappa shape index (κ1) is 21.8. The van der Waals surface area contributed by atoms with Gasteiger partial charge in [-0.05, 0) is 58.0 Å². The zero-order valence-electron chi connectivity index (χ0n) is 14.7. The summed E-state index contributed by atoms with van der Waals surface area (Å²) >= 11 is 7.62. The van der Waals surface area contributed by atoms with Crippen molar-refractivity contribution in [2.45, 2.75) is 11.8 Å². The average Bonchev–Trinajstić information content (AvgIpc) is 2.97. The van der Waals surface area contributed by atoms with Crippen LogP contribution in [-0.2, 0) is 19.7 Å². The van der Waals surface area contributed by atoms with Gasteiger partial charge in [0.05, 0.1) is 9.38 Å². The minimum atomic E-state index is -4.10. The molecule has 0 aromatic heterocycles. The zero-order chi connectivity index (χ0) is 21.2. The molecule has 7 nitrogen and oxygen atoms in total. The number of amides is 2. The zero-order valence-corrected chi connectivity index (χ0v) is 19.5. The fraction of sp³-hybridized carbons (Fsp3) is 0.0556. The lowest BCUT2D eigenvalue weighted by Crippen LogP contribution is -2.23. The third kappa shape index (κ3) is 5.35. The van der Waals surface area contributed by atoms with Crippen molar-refractivity contribution in [3.05, 3.63) is 61.9 Å². The van der Waals surface area contributed by atoms with Crippen LogP contribution >= 0.6 is 43.6 Å². The molecule has 0 atom stereocenters. The predicted octanol–water partition coefficient (Wildman–Crippen LogP) is 4.09. The van der Waals surface area contributed by atoms with Crippen LogP contribution in [0.1, 0.15) is 12.5 Å². The van der Waals surface area contributed by atoms with E-state index in [2.05, 4.69) is 42.2 Å². The third-order valence-electron chi connectivity index (χ3n) is 3.45. The predicted molar refractivity (Wildman–Crippen MR) is 118 cm³/mol. The molecule has 1 aliphatic heterocycles. The molecular weight excluding hydrogens is 548 g/mol. The second-order valence-corrected chi connectivity index (χ2v) is 10.0. The lowest BCUT2D eigenvalue weighted by Gasteiger charge is -2.12. The standard InChI is InChI=1S/C18H12Br2N2O5S2/c1-10(23)21-18-22-17(24)15(28-18)8-11-7-12(19)9-14(20)16(11)27-29(25,26)13-5-3-2-4-6-13/h2-9H,1H3,(H,21,22,23,24)/b15-8+. The first-order chi connectivity index (χ1) is 13.7. The van der Waals surface area contributed by atoms with E-state index in [0.717, 1.165) is 11.8 Å². The molecule has 1 heterocycles. The smallest absolute Gasteiger partial charge is 0.339 e. The Morgan fingerprint density at radius 1 is 1.21 bits per heavy atom. The summed E-state index contributed by atoms with van der Waals surface area (Å²) in [7, 11) is -4.10. The van der Waals surface area contributed by atoms with Crippen LogP contribution in [0.4, 0.5) is 0 Å². The number of aliphatic imine (C=N–C) groups is 1. The normalized spacial score (nSPS) is 15.3. The Hall–Kier alpha value is -1.95. The molecule has 11 heteroatoms. The maximum Gasteiger partial charge on any atom is 0.339 e. The summed E-state index contributed by atoms with van der Waals surface area (Å²) in [6.45, 7) is 1.31. The number of amidine groups is 1. The van der Waals surface area contributed by atoms with Gasteiger partial charge < -0.3 is 9.50 Å². The molecule has 1 aliphatic rings. The summed E-state index contributed by atoms with van der Waals surface area (Å²) in [5.41, 5.74) is 0.334. The summed E-state index contributed by atoms with van der Waals surface area (Å²) in [6.07, 6.45) is 1.46. The molecule has 0 bridgehead atoms. The molecule has 0 saturated heterocycles. The van der Waals surface area contributed by atoms with Crippen LogP contribution < -0.4 is 9.50 Å². The van der Waals surface area contributed by atoms with Crippen molar-refractivity contribution in [1.82, 2.24) is 5.32 Å². The molecule has 0 aliphatic carbocycles. The molecule has 1 N–H and O–H groups in total. The highest BCUT2D eigenvalue weighted by atomic mass is 79.9. The number of thioether (sulfide) groups is 1. The van der Waals surface area contributed by atoms with Crippen LogP contribution in [-0.4, -0.2) is 25.4 Å². The summed E-state index contributed by atoms with van der Waals surface area (Å²) < 4.78 is 31.7.